The highest BCUT2D eigenvalue weighted by Crippen LogP contribution is 2.25. The van der Waals surface area contributed by atoms with E-state index < -0.39 is 4.92 Å². The Morgan fingerprint density at radius 2 is 2.33 bits per heavy atom. The number of hydrogen-bond acceptors (Lipinski definition) is 7. The zero-order chi connectivity index (χ0) is 15.0. The summed E-state index contributed by atoms with van der Waals surface area (Å²) in [5, 5.41) is 20.6. The van der Waals surface area contributed by atoms with Gasteiger partial charge in [0.1, 0.15) is 6.04 Å². The minimum Gasteiger partial charge on any atom is -0.358 e. The minimum absolute atomic E-state index is 0.197. The molecule has 3 aromatic heterocycles. The van der Waals surface area contributed by atoms with E-state index in [1.54, 1.807) is 13.8 Å². The molecule has 3 rings (SSSR count). The molecule has 3 aromatic rings. The summed E-state index contributed by atoms with van der Waals surface area (Å²) in [7, 11) is 0. The van der Waals surface area contributed by atoms with Crippen molar-refractivity contribution < 1.29 is 9.45 Å². The third-order valence-corrected chi connectivity index (χ3v) is 3.87. The van der Waals surface area contributed by atoms with Crippen molar-refractivity contribution in [2.24, 2.45) is 0 Å². The molecule has 0 N–H and O–H groups in total. The summed E-state index contributed by atoms with van der Waals surface area (Å²) in [6, 6.07) is 4.83. The maximum atomic E-state index is 10.8. The van der Waals surface area contributed by atoms with Crippen molar-refractivity contribution in [1.82, 2.24) is 19.9 Å². The van der Waals surface area contributed by atoms with Crippen molar-refractivity contribution in [2.45, 2.75) is 19.9 Å². The number of aromatic nitrogens is 4. The van der Waals surface area contributed by atoms with Crippen LogP contribution < -0.4 is 0 Å². The fourth-order valence-electron chi connectivity index (χ4n) is 1.97. The lowest BCUT2D eigenvalue weighted by Gasteiger charge is -2.04. The second-order valence-corrected chi connectivity index (χ2v) is 5.40. The van der Waals surface area contributed by atoms with E-state index in [0.717, 1.165) is 4.88 Å². The van der Waals surface area contributed by atoms with Crippen LogP contribution in [0.25, 0.3) is 10.7 Å². The van der Waals surface area contributed by atoms with Crippen LogP contribution in [0.3, 0.4) is 0 Å². The maximum absolute atomic E-state index is 10.8. The number of nitrogens with zero attached hydrogens (tertiary/aromatic N) is 5. The van der Waals surface area contributed by atoms with Gasteiger partial charge >= 0.3 is 5.82 Å². The molecule has 0 saturated heterocycles. The van der Waals surface area contributed by atoms with Gasteiger partial charge in [0, 0.05) is 0 Å². The fraction of sp³-hybridized carbons (Fsp3) is 0.250. The Kier molecular flexibility index (Phi) is 3.26. The Balaban J connectivity index is 1.92. The monoisotopic (exact) mass is 305 g/mol. The van der Waals surface area contributed by atoms with Crippen molar-refractivity contribution in [3.8, 4) is 10.7 Å². The first-order valence-corrected chi connectivity index (χ1v) is 7.02. The molecule has 21 heavy (non-hydrogen) atoms. The van der Waals surface area contributed by atoms with Gasteiger partial charge in [0.15, 0.2) is 0 Å². The smallest absolute Gasteiger partial charge is 0.358 e. The molecule has 8 nitrogen and oxygen atoms in total. The second-order valence-electron chi connectivity index (χ2n) is 4.46. The molecule has 1 atom stereocenters. The van der Waals surface area contributed by atoms with Crippen LogP contribution in [0.2, 0.25) is 0 Å². The van der Waals surface area contributed by atoms with Gasteiger partial charge in [-0.15, -0.1) is 11.3 Å². The van der Waals surface area contributed by atoms with Crippen LogP contribution in [-0.4, -0.2) is 24.8 Å². The highest BCUT2D eigenvalue weighted by atomic mass is 32.1. The van der Waals surface area contributed by atoms with Crippen molar-refractivity contribution in [3.63, 3.8) is 0 Å². The Hall–Kier alpha value is -2.55. The average molecular weight is 305 g/mol. The second kappa shape index (κ2) is 5.09. The van der Waals surface area contributed by atoms with Crippen LogP contribution in [0.5, 0.6) is 0 Å². The fourth-order valence-corrected chi connectivity index (χ4v) is 2.62. The maximum Gasteiger partial charge on any atom is 0.390 e. The summed E-state index contributed by atoms with van der Waals surface area (Å²) in [6.45, 7) is 3.54. The molecule has 0 spiro atoms. The molecule has 108 valence electrons. The molecule has 0 aliphatic rings. The molecule has 0 aliphatic heterocycles. The van der Waals surface area contributed by atoms with E-state index in [0.29, 0.717) is 17.4 Å². The molecule has 3 heterocycles. The Labute approximate surface area is 123 Å². The zero-order valence-corrected chi connectivity index (χ0v) is 12.1. The molecule has 1 unspecified atom stereocenters. The van der Waals surface area contributed by atoms with E-state index in [-0.39, 0.29) is 11.9 Å². The zero-order valence-electron chi connectivity index (χ0n) is 11.3. The summed E-state index contributed by atoms with van der Waals surface area (Å²) in [4.78, 5) is 15.5. The molecule has 0 bridgehead atoms. The number of thiophene rings is 1. The molecule has 0 fully saturated rings. The van der Waals surface area contributed by atoms with Crippen molar-refractivity contribution in [2.75, 3.05) is 0 Å². The summed E-state index contributed by atoms with van der Waals surface area (Å²) in [6.07, 6.45) is 0. The van der Waals surface area contributed by atoms with Gasteiger partial charge in [-0.05, 0) is 30.2 Å². The Bertz CT molecular complexity index is 777. The predicted molar refractivity (Wildman–Crippen MR) is 75.0 cm³/mol. The van der Waals surface area contributed by atoms with E-state index in [1.807, 2.05) is 17.5 Å². The number of hydrogen-bond donors (Lipinski definition) is 0. The van der Waals surface area contributed by atoms with Crippen LogP contribution in [0.4, 0.5) is 5.82 Å². The lowest BCUT2D eigenvalue weighted by atomic mass is 10.3. The molecule has 0 aromatic carbocycles. The summed E-state index contributed by atoms with van der Waals surface area (Å²) in [5.74, 6) is 0.669. The SMILES string of the molecule is Cc1cc([N+](=O)[O-])nn1C(C)c1nc(-c2cccs2)no1. The van der Waals surface area contributed by atoms with E-state index in [4.69, 9.17) is 4.52 Å². The molecule has 0 amide bonds. The molecular formula is C12H11N5O3S. The Morgan fingerprint density at radius 3 is 2.95 bits per heavy atom. The number of aryl methyl sites for hydroxylation is 1. The average Bonchev–Trinajstić information content (AvgIpc) is 3.17. The standard InChI is InChI=1S/C12H11N5O3S/c1-7-6-10(17(18)19)14-16(7)8(2)12-13-11(15-20-12)9-4-3-5-21-9/h3-6,8H,1-2H3. The third kappa shape index (κ3) is 2.42. The largest absolute Gasteiger partial charge is 0.390 e. The lowest BCUT2D eigenvalue weighted by Crippen LogP contribution is -2.10. The van der Waals surface area contributed by atoms with Crippen LogP contribution in [-0.2, 0) is 0 Å². The highest BCUT2D eigenvalue weighted by Gasteiger charge is 2.25. The van der Waals surface area contributed by atoms with Gasteiger partial charge < -0.3 is 14.6 Å². The Morgan fingerprint density at radius 1 is 1.52 bits per heavy atom. The van der Waals surface area contributed by atoms with Gasteiger partial charge in [0.2, 0.25) is 5.82 Å². The lowest BCUT2D eigenvalue weighted by molar-refractivity contribution is -0.389. The molecular weight excluding hydrogens is 294 g/mol. The summed E-state index contributed by atoms with van der Waals surface area (Å²) < 4.78 is 6.75. The topological polar surface area (TPSA) is 99.9 Å². The van der Waals surface area contributed by atoms with E-state index in [9.17, 15) is 10.1 Å². The van der Waals surface area contributed by atoms with Gasteiger partial charge in [-0.2, -0.15) is 9.67 Å². The minimum atomic E-state index is -0.527. The van der Waals surface area contributed by atoms with Gasteiger partial charge in [-0.25, -0.2) is 0 Å². The third-order valence-electron chi connectivity index (χ3n) is 3.00. The molecule has 0 radical (unpaired) electrons. The van der Waals surface area contributed by atoms with E-state index in [2.05, 4.69) is 15.2 Å². The van der Waals surface area contributed by atoms with E-state index >= 15 is 0 Å². The van der Waals surface area contributed by atoms with Gasteiger partial charge in [-0.3, -0.25) is 0 Å². The first-order valence-electron chi connectivity index (χ1n) is 6.14. The van der Waals surface area contributed by atoms with Gasteiger partial charge in [0.05, 0.1) is 21.7 Å². The number of nitro groups is 1. The quantitative estimate of drug-likeness (QED) is 0.542. The molecule has 0 saturated carbocycles. The van der Waals surface area contributed by atoms with Crippen LogP contribution in [0, 0.1) is 17.0 Å². The van der Waals surface area contributed by atoms with Crippen LogP contribution in [0.15, 0.2) is 28.1 Å². The van der Waals surface area contributed by atoms with Crippen molar-refractivity contribution in [3.05, 3.63) is 45.3 Å². The normalized spacial score (nSPS) is 12.5. The number of rotatable bonds is 4. The first-order chi connectivity index (χ1) is 10.1. The highest BCUT2D eigenvalue weighted by molar-refractivity contribution is 7.13. The summed E-state index contributed by atoms with van der Waals surface area (Å²) >= 11 is 1.51. The van der Waals surface area contributed by atoms with Crippen molar-refractivity contribution in [1.29, 1.82) is 0 Å². The van der Waals surface area contributed by atoms with Crippen LogP contribution in [0.1, 0.15) is 24.6 Å². The summed E-state index contributed by atoms with van der Waals surface area (Å²) in [5.41, 5.74) is 0.657. The van der Waals surface area contributed by atoms with E-state index in [1.165, 1.54) is 22.1 Å². The predicted octanol–water partition coefficient (Wildman–Crippen LogP) is 2.82. The van der Waals surface area contributed by atoms with Crippen molar-refractivity contribution >= 4 is 17.2 Å². The van der Waals surface area contributed by atoms with Gasteiger partial charge in [-0.1, -0.05) is 11.2 Å². The molecule has 9 heteroatoms. The van der Waals surface area contributed by atoms with Crippen LogP contribution >= 0.6 is 11.3 Å². The van der Waals surface area contributed by atoms with Gasteiger partial charge in [0.25, 0.3) is 5.89 Å². The molecule has 0 aliphatic carbocycles. The first kappa shape index (κ1) is 13.4.